The lowest BCUT2D eigenvalue weighted by atomic mass is 9.88. The first kappa shape index (κ1) is 28.1. The molecule has 0 amide bonds. The standard InChI is InChI=1S/C39H28Br2O/c40-31-19-21-36(27-11-3-1-4-12-27)38(25-31)34-17-9-7-15-29(34)23-33(42)24-30-16-8-10-18-35(30)39-26-32(41)20-22-37(39)28-13-5-2-6-14-28/h1-22,25-26H,23-24H2. The Balaban J connectivity index is 1.34. The van der Waals surface area contributed by atoms with Gasteiger partial charge < -0.3 is 0 Å². The summed E-state index contributed by atoms with van der Waals surface area (Å²) in [5.41, 5.74) is 11.0. The fourth-order valence-corrected chi connectivity index (χ4v) is 6.30. The molecule has 0 spiro atoms. The first-order valence-corrected chi connectivity index (χ1v) is 15.5. The third-order valence-electron chi connectivity index (χ3n) is 7.52. The second-order valence-electron chi connectivity index (χ2n) is 10.3. The van der Waals surface area contributed by atoms with E-state index in [1.807, 2.05) is 36.4 Å². The zero-order valence-corrected chi connectivity index (χ0v) is 26.1. The van der Waals surface area contributed by atoms with Crippen molar-refractivity contribution in [1.29, 1.82) is 0 Å². The lowest BCUT2D eigenvalue weighted by molar-refractivity contribution is -0.117. The zero-order chi connectivity index (χ0) is 28.9. The van der Waals surface area contributed by atoms with Gasteiger partial charge in [-0.3, -0.25) is 4.79 Å². The molecule has 0 aromatic heterocycles. The number of ketones is 1. The van der Waals surface area contributed by atoms with E-state index in [0.29, 0.717) is 12.8 Å². The van der Waals surface area contributed by atoms with Crippen molar-refractivity contribution in [2.24, 2.45) is 0 Å². The zero-order valence-electron chi connectivity index (χ0n) is 22.9. The molecule has 0 radical (unpaired) electrons. The van der Waals surface area contributed by atoms with Gasteiger partial charge in [0.15, 0.2) is 0 Å². The number of hydrogen-bond donors (Lipinski definition) is 0. The van der Waals surface area contributed by atoms with E-state index in [2.05, 4.69) is 141 Å². The van der Waals surface area contributed by atoms with Crippen LogP contribution in [0.2, 0.25) is 0 Å². The molecule has 3 heteroatoms. The van der Waals surface area contributed by atoms with E-state index in [0.717, 1.165) is 64.6 Å². The molecule has 0 heterocycles. The Kier molecular flexibility index (Phi) is 8.60. The lowest BCUT2D eigenvalue weighted by Crippen LogP contribution is -2.09. The summed E-state index contributed by atoms with van der Waals surface area (Å²) >= 11 is 7.35. The molecule has 0 fully saturated rings. The number of rotatable bonds is 8. The van der Waals surface area contributed by atoms with Crippen LogP contribution in [0.4, 0.5) is 0 Å². The van der Waals surface area contributed by atoms with Gasteiger partial charge in [-0.15, -0.1) is 0 Å². The van der Waals surface area contributed by atoms with Crippen LogP contribution in [0.5, 0.6) is 0 Å². The summed E-state index contributed by atoms with van der Waals surface area (Å²) in [5, 5.41) is 0. The van der Waals surface area contributed by atoms with Gasteiger partial charge in [0.1, 0.15) is 5.78 Å². The van der Waals surface area contributed by atoms with Crippen molar-refractivity contribution in [3.05, 3.63) is 166 Å². The topological polar surface area (TPSA) is 17.1 Å². The summed E-state index contributed by atoms with van der Waals surface area (Å²) in [6.07, 6.45) is 0.713. The van der Waals surface area contributed by atoms with E-state index in [9.17, 15) is 4.79 Å². The van der Waals surface area contributed by atoms with Gasteiger partial charge >= 0.3 is 0 Å². The quantitative estimate of drug-likeness (QED) is 0.157. The van der Waals surface area contributed by atoms with Crippen LogP contribution in [-0.4, -0.2) is 5.78 Å². The van der Waals surface area contributed by atoms with Crippen molar-refractivity contribution in [3.63, 3.8) is 0 Å². The van der Waals surface area contributed by atoms with Gasteiger partial charge in [0.05, 0.1) is 0 Å². The Hall–Kier alpha value is -4.05. The number of carbonyl (C=O) groups is 1. The van der Waals surface area contributed by atoms with Crippen molar-refractivity contribution in [1.82, 2.24) is 0 Å². The van der Waals surface area contributed by atoms with Gasteiger partial charge in [-0.2, -0.15) is 0 Å². The predicted octanol–water partition coefficient (Wildman–Crippen LogP) is 11.2. The largest absolute Gasteiger partial charge is 0.299 e. The van der Waals surface area contributed by atoms with Crippen LogP contribution in [0.3, 0.4) is 0 Å². The average Bonchev–Trinajstić information content (AvgIpc) is 3.02. The molecule has 0 unspecified atom stereocenters. The third-order valence-corrected chi connectivity index (χ3v) is 8.51. The van der Waals surface area contributed by atoms with E-state index < -0.39 is 0 Å². The van der Waals surface area contributed by atoms with E-state index in [1.165, 1.54) is 0 Å². The number of Topliss-reactive ketones (excluding diaryl/α,β-unsaturated/α-hetero) is 1. The first-order chi connectivity index (χ1) is 20.6. The summed E-state index contributed by atoms with van der Waals surface area (Å²) < 4.78 is 2.02. The molecule has 6 aromatic rings. The Morgan fingerprint density at radius 2 is 0.786 bits per heavy atom. The highest BCUT2D eigenvalue weighted by Gasteiger charge is 2.17. The minimum absolute atomic E-state index is 0.183. The van der Waals surface area contributed by atoms with E-state index in [1.54, 1.807) is 0 Å². The van der Waals surface area contributed by atoms with Crippen molar-refractivity contribution in [2.45, 2.75) is 12.8 Å². The maximum atomic E-state index is 13.8. The summed E-state index contributed by atoms with van der Waals surface area (Å²) in [5.74, 6) is 0.183. The highest BCUT2D eigenvalue weighted by atomic mass is 79.9. The van der Waals surface area contributed by atoms with Crippen LogP contribution in [-0.2, 0) is 17.6 Å². The molecule has 0 aliphatic heterocycles. The van der Waals surface area contributed by atoms with Crippen molar-refractivity contribution >= 4 is 37.6 Å². The molecular weight excluding hydrogens is 644 g/mol. The fraction of sp³-hybridized carbons (Fsp3) is 0.0513. The fourth-order valence-electron chi connectivity index (χ4n) is 5.58. The monoisotopic (exact) mass is 670 g/mol. The lowest BCUT2D eigenvalue weighted by Gasteiger charge is -2.16. The van der Waals surface area contributed by atoms with Gasteiger partial charge in [-0.1, -0.05) is 153 Å². The Morgan fingerprint density at radius 3 is 1.21 bits per heavy atom. The third kappa shape index (κ3) is 6.23. The van der Waals surface area contributed by atoms with Gasteiger partial charge in [0.25, 0.3) is 0 Å². The van der Waals surface area contributed by atoms with E-state index in [4.69, 9.17) is 0 Å². The number of halogens is 2. The maximum absolute atomic E-state index is 13.8. The minimum atomic E-state index is 0.183. The highest BCUT2D eigenvalue weighted by molar-refractivity contribution is 9.10. The van der Waals surface area contributed by atoms with Crippen LogP contribution in [0.25, 0.3) is 44.5 Å². The average molecular weight is 672 g/mol. The molecule has 0 N–H and O–H groups in total. The molecule has 6 aromatic carbocycles. The summed E-state index contributed by atoms with van der Waals surface area (Å²) in [6.45, 7) is 0. The number of carbonyl (C=O) groups excluding carboxylic acids is 1. The Morgan fingerprint density at radius 1 is 0.405 bits per heavy atom. The number of hydrogen-bond acceptors (Lipinski definition) is 1. The summed E-state index contributed by atoms with van der Waals surface area (Å²) in [6, 6.07) is 50.1. The molecule has 0 saturated heterocycles. The van der Waals surface area contributed by atoms with Crippen LogP contribution in [0.15, 0.2) is 155 Å². The van der Waals surface area contributed by atoms with Crippen molar-refractivity contribution in [2.75, 3.05) is 0 Å². The second-order valence-corrected chi connectivity index (χ2v) is 12.1. The normalized spacial score (nSPS) is 10.9. The molecule has 0 bridgehead atoms. The molecular formula is C39H28Br2O. The summed E-state index contributed by atoms with van der Waals surface area (Å²) in [4.78, 5) is 13.8. The molecule has 0 aliphatic rings. The van der Waals surface area contributed by atoms with Crippen molar-refractivity contribution < 1.29 is 4.79 Å². The van der Waals surface area contributed by atoms with E-state index >= 15 is 0 Å². The molecule has 0 aliphatic carbocycles. The van der Waals surface area contributed by atoms with Gasteiger partial charge in [-0.25, -0.2) is 0 Å². The van der Waals surface area contributed by atoms with Crippen molar-refractivity contribution in [3.8, 4) is 44.5 Å². The van der Waals surface area contributed by atoms with Crippen LogP contribution >= 0.6 is 31.9 Å². The smallest absolute Gasteiger partial charge is 0.141 e. The molecule has 42 heavy (non-hydrogen) atoms. The van der Waals surface area contributed by atoms with Crippen LogP contribution in [0, 0.1) is 0 Å². The molecule has 0 saturated carbocycles. The van der Waals surface area contributed by atoms with Crippen LogP contribution < -0.4 is 0 Å². The number of benzene rings is 6. The Labute approximate surface area is 264 Å². The molecule has 204 valence electrons. The van der Waals surface area contributed by atoms with Crippen LogP contribution in [0.1, 0.15) is 11.1 Å². The van der Waals surface area contributed by atoms with Gasteiger partial charge in [0, 0.05) is 21.8 Å². The molecule has 1 nitrogen and oxygen atoms in total. The second kappa shape index (κ2) is 12.9. The SMILES string of the molecule is O=C(Cc1ccccc1-c1cc(Br)ccc1-c1ccccc1)Cc1ccccc1-c1cc(Br)ccc1-c1ccccc1. The van der Waals surface area contributed by atoms with Gasteiger partial charge in [0.2, 0.25) is 0 Å². The highest BCUT2D eigenvalue weighted by Crippen LogP contribution is 2.38. The molecule has 6 rings (SSSR count). The minimum Gasteiger partial charge on any atom is -0.299 e. The first-order valence-electron chi connectivity index (χ1n) is 13.9. The molecule has 0 atom stereocenters. The van der Waals surface area contributed by atoms with E-state index in [-0.39, 0.29) is 5.78 Å². The summed E-state index contributed by atoms with van der Waals surface area (Å²) in [7, 11) is 0. The van der Waals surface area contributed by atoms with Gasteiger partial charge in [-0.05, 0) is 79.9 Å². The Bertz CT molecular complexity index is 1720. The predicted molar refractivity (Wildman–Crippen MR) is 182 cm³/mol. The maximum Gasteiger partial charge on any atom is 0.141 e.